The van der Waals surface area contributed by atoms with Crippen molar-refractivity contribution in [2.24, 2.45) is 0 Å². The third kappa shape index (κ3) is 4.22. The van der Waals surface area contributed by atoms with Crippen LogP contribution in [-0.2, 0) is 6.42 Å². The maximum atomic E-state index is 5.98. The molecule has 2 nitrogen and oxygen atoms in total. The summed E-state index contributed by atoms with van der Waals surface area (Å²) in [4.78, 5) is 0. The molecule has 1 heterocycles. The van der Waals surface area contributed by atoms with Gasteiger partial charge in [0.15, 0.2) is 0 Å². The first-order valence-corrected chi connectivity index (χ1v) is 10.3. The smallest absolute Gasteiger partial charge is 0.519 e. The highest BCUT2D eigenvalue weighted by atomic mass is 33.1. The number of rotatable bonds is 8. The Balaban J connectivity index is 1.60. The van der Waals surface area contributed by atoms with E-state index in [9.17, 15) is 0 Å². The maximum Gasteiger partial charge on any atom is 0.632 e. The SMILES string of the molecule is C=CCSSCCc1ccc2c(c1)OB(c1ccc(C=C)cc1)O2. The molecule has 2 aromatic carbocycles. The molecule has 24 heavy (non-hydrogen) atoms. The summed E-state index contributed by atoms with van der Waals surface area (Å²) in [6, 6.07) is 14.3. The van der Waals surface area contributed by atoms with Crippen molar-refractivity contribution in [3.63, 3.8) is 0 Å². The average Bonchev–Trinajstić information content (AvgIpc) is 3.05. The Morgan fingerprint density at radius 1 is 0.958 bits per heavy atom. The van der Waals surface area contributed by atoms with Crippen molar-refractivity contribution in [2.45, 2.75) is 6.42 Å². The average molecular weight is 354 g/mol. The van der Waals surface area contributed by atoms with Crippen LogP contribution >= 0.6 is 21.6 Å². The number of hydrogen-bond acceptors (Lipinski definition) is 4. The Kier molecular flexibility index (Phi) is 5.99. The van der Waals surface area contributed by atoms with Gasteiger partial charge in [0.05, 0.1) is 0 Å². The van der Waals surface area contributed by atoms with Gasteiger partial charge in [0.25, 0.3) is 0 Å². The van der Waals surface area contributed by atoms with Crippen molar-refractivity contribution in [1.29, 1.82) is 0 Å². The minimum atomic E-state index is -0.369. The van der Waals surface area contributed by atoms with E-state index >= 15 is 0 Å². The lowest BCUT2D eigenvalue weighted by atomic mass is 9.79. The molecule has 122 valence electrons. The number of benzene rings is 2. The van der Waals surface area contributed by atoms with Gasteiger partial charge in [-0.1, -0.05) is 70.7 Å². The highest BCUT2D eigenvalue weighted by molar-refractivity contribution is 8.76. The fourth-order valence-corrected chi connectivity index (χ4v) is 4.20. The van der Waals surface area contributed by atoms with Crippen molar-refractivity contribution in [3.8, 4) is 11.5 Å². The van der Waals surface area contributed by atoms with Gasteiger partial charge in [0.2, 0.25) is 0 Å². The largest absolute Gasteiger partial charge is 0.632 e. The van der Waals surface area contributed by atoms with E-state index in [-0.39, 0.29) is 7.12 Å². The van der Waals surface area contributed by atoms with Gasteiger partial charge in [0.1, 0.15) is 11.5 Å². The standard InChI is InChI=1S/C19H19BO2S2/c1-3-12-23-24-13-11-16-7-10-18-19(14-16)22-20(21-18)17-8-5-15(4-2)6-9-17/h3-10,14H,1-2,11-13H2. The zero-order valence-corrected chi connectivity index (χ0v) is 15.1. The van der Waals surface area contributed by atoms with Crippen LogP contribution in [0.25, 0.3) is 6.08 Å². The predicted octanol–water partition coefficient (Wildman–Crippen LogP) is 4.61. The van der Waals surface area contributed by atoms with Crippen LogP contribution in [0, 0.1) is 0 Å². The molecule has 3 rings (SSSR count). The summed E-state index contributed by atoms with van der Waals surface area (Å²) in [6.07, 6.45) is 4.77. The molecule has 0 spiro atoms. The molecule has 1 aliphatic rings. The molecule has 0 atom stereocenters. The summed E-state index contributed by atoms with van der Waals surface area (Å²) < 4.78 is 11.9. The Hall–Kier alpha value is -1.72. The van der Waals surface area contributed by atoms with Crippen molar-refractivity contribution in [3.05, 3.63) is 72.8 Å². The van der Waals surface area contributed by atoms with Crippen LogP contribution in [0.15, 0.2) is 61.7 Å². The number of hydrogen-bond donors (Lipinski definition) is 0. The quantitative estimate of drug-likeness (QED) is 0.298. The molecule has 0 N–H and O–H groups in total. The maximum absolute atomic E-state index is 5.98. The molecule has 0 aromatic heterocycles. The van der Waals surface area contributed by atoms with Gasteiger partial charge >= 0.3 is 7.12 Å². The number of fused-ring (bicyclic) bond motifs is 1. The lowest BCUT2D eigenvalue weighted by Crippen LogP contribution is -2.38. The molecule has 0 aliphatic carbocycles. The molecule has 0 saturated carbocycles. The van der Waals surface area contributed by atoms with Crippen molar-refractivity contribution in [1.82, 2.24) is 0 Å². The Morgan fingerprint density at radius 2 is 1.75 bits per heavy atom. The topological polar surface area (TPSA) is 18.5 Å². The third-order valence-electron chi connectivity index (χ3n) is 3.66. The molecule has 0 saturated heterocycles. The monoisotopic (exact) mass is 354 g/mol. The molecule has 0 amide bonds. The van der Waals surface area contributed by atoms with Crippen molar-refractivity contribution >= 4 is 40.2 Å². The fraction of sp³-hybridized carbons (Fsp3) is 0.158. The van der Waals surface area contributed by atoms with Crippen LogP contribution in [0.5, 0.6) is 11.5 Å². The minimum Gasteiger partial charge on any atom is -0.519 e. The van der Waals surface area contributed by atoms with Crippen LogP contribution in [0.3, 0.4) is 0 Å². The lowest BCUT2D eigenvalue weighted by Gasteiger charge is -2.05. The van der Waals surface area contributed by atoms with E-state index in [0.29, 0.717) is 0 Å². The Morgan fingerprint density at radius 3 is 2.50 bits per heavy atom. The van der Waals surface area contributed by atoms with E-state index in [1.165, 1.54) is 5.56 Å². The van der Waals surface area contributed by atoms with Gasteiger partial charge in [-0.05, 0) is 29.7 Å². The molecule has 0 fully saturated rings. The first-order chi connectivity index (χ1) is 11.8. The zero-order valence-electron chi connectivity index (χ0n) is 13.4. The van der Waals surface area contributed by atoms with Crippen LogP contribution in [-0.4, -0.2) is 18.6 Å². The second kappa shape index (κ2) is 8.40. The second-order valence-electron chi connectivity index (χ2n) is 5.36. The van der Waals surface area contributed by atoms with Gasteiger partial charge in [-0.25, -0.2) is 0 Å². The van der Waals surface area contributed by atoms with E-state index in [4.69, 9.17) is 9.31 Å². The van der Waals surface area contributed by atoms with Gasteiger partial charge in [-0.3, -0.25) is 0 Å². The molecule has 0 radical (unpaired) electrons. The van der Waals surface area contributed by atoms with Gasteiger partial charge in [0, 0.05) is 17.0 Å². The summed E-state index contributed by atoms with van der Waals surface area (Å²) in [5.74, 6) is 3.70. The molecule has 2 aromatic rings. The van der Waals surface area contributed by atoms with Crippen LogP contribution in [0.1, 0.15) is 11.1 Å². The third-order valence-corrected chi connectivity index (χ3v) is 5.98. The van der Waals surface area contributed by atoms with E-state index in [0.717, 1.165) is 40.5 Å². The fourth-order valence-electron chi connectivity index (χ4n) is 2.39. The van der Waals surface area contributed by atoms with Gasteiger partial charge in [-0.2, -0.15) is 0 Å². The zero-order chi connectivity index (χ0) is 16.8. The van der Waals surface area contributed by atoms with Crippen molar-refractivity contribution < 1.29 is 9.31 Å². The number of aryl methyl sites for hydroxylation is 1. The van der Waals surface area contributed by atoms with Gasteiger partial charge < -0.3 is 9.31 Å². The molecular weight excluding hydrogens is 335 g/mol. The van der Waals surface area contributed by atoms with E-state index in [1.54, 1.807) is 0 Å². The predicted molar refractivity (Wildman–Crippen MR) is 108 cm³/mol. The molecular formula is C19H19BO2S2. The molecule has 1 aliphatic heterocycles. The highest BCUT2D eigenvalue weighted by Gasteiger charge is 2.33. The van der Waals surface area contributed by atoms with Crippen molar-refractivity contribution in [2.75, 3.05) is 11.5 Å². The Bertz CT molecular complexity index is 716. The molecule has 0 bridgehead atoms. The van der Waals surface area contributed by atoms with E-state index in [2.05, 4.69) is 25.3 Å². The first-order valence-electron chi connectivity index (χ1n) is 7.84. The summed E-state index contributed by atoms with van der Waals surface area (Å²) in [5.41, 5.74) is 3.37. The lowest BCUT2D eigenvalue weighted by molar-refractivity contribution is 0.518. The summed E-state index contributed by atoms with van der Waals surface area (Å²) in [6.45, 7) is 7.50. The van der Waals surface area contributed by atoms with Crippen LogP contribution < -0.4 is 14.8 Å². The van der Waals surface area contributed by atoms with E-state index in [1.807, 2.05) is 64.1 Å². The highest BCUT2D eigenvalue weighted by Crippen LogP contribution is 2.34. The molecule has 0 unspecified atom stereocenters. The van der Waals surface area contributed by atoms with Gasteiger partial charge in [-0.15, -0.1) is 6.58 Å². The second-order valence-corrected chi connectivity index (χ2v) is 7.99. The normalized spacial score (nSPS) is 12.2. The minimum absolute atomic E-state index is 0.369. The Labute approximate surface area is 151 Å². The summed E-state index contributed by atoms with van der Waals surface area (Å²) in [7, 11) is 3.34. The van der Waals surface area contributed by atoms with Crippen LogP contribution in [0.2, 0.25) is 0 Å². The van der Waals surface area contributed by atoms with Crippen LogP contribution in [0.4, 0.5) is 0 Å². The summed E-state index contributed by atoms with van der Waals surface area (Å²) in [5, 5.41) is 0. The first kappa shape index (κ1) is 17.1. The molecule has 5 heteroatoms. The van der Waals surface area contributed by atoms with E-state index < -0.39 is 0 Å². The summed E-state index contributed by atoms with van der Waals surface area (Å²) >= 11 is 0.